The molecule has 0 spiro atoms. The van der Waals surface area contributed by atoms with Gasteiger partial charge in [-0.1, -0.05) is 89.5 Å². The minimum Gasteiger partial charge on any atom is -0.494 e. The molecule has 0 heterocycles. The summed E-state index contributed by atoms with van der Waals surface area (Å²) < 4.78 is 11.8. The predicted octanol–water partition coefficient (Wildman–Crippen LogP) is 8.04. The lowest BCUT2D eigenvalue weighted by Crippen LogP contribution is -2.14. The van der Waals surface area contributed by atoms with E-state index in [-0.39, 0.29) is 0 Å². The van der Waals surface area contributed by atoms with Crippen molar-refractivity contribution in [3.8, 4) is 11.5 Å². The number of hydrogen-bond donors (Lipinski definition) is 2. The molecule has 0 atom stereocenters. The molecule has 2 rings (SSSR count). The second-order valence-corrected chi connectivity index (χ2v) is 9.87. The standard InChI is InChI=1S/C32H52N2O2/c1-3-5-23-33-27-29-15-19-31(20-16-29)35-25-13-11-9-7-8-10-12-14-26-36-32-21-17-30(18-22-32)28-34-24-6-4-2/h15-22,33-34H,3-14,23-28H2,1-2H3. The summed E-state index contributed by atoms with van der Waals surface area (Å²) in [7, 11) is 0. The van der Waals surface area contributed by atoms with Crippen LogP contribution >= 0.6 is 0 Å². The summed E-state index contributed by atoms with van der Waals surface area (Å²) in [6.07, 6.45) is 15.0. The summed E-state index contributed by atoms with van der Waals surface area (Å²) in [4.78, 5) is 0. The van der Waals surface area contributed by atoms with Crippen LogP contribution in [0.15, 0.2) is 48.5 Å². The van der Waals surface area contributed by atoms with E-state index >= 15 is 0 Å². The minimum absolute atomic E-state index is 0.821. The Hall–Kier alpha value is -2.04. The van der Waals surface area contributed by atoms with Crippen LogP contribution in [0.2, 0.25) is 0 Å². The van der Waals surface area contributed by atoms with Crippen molar-refractivity contribution in [1.82, 2.24) is 10.6 Å². The van der Waals surface area contributed by atoms with Gasteiger partial charge in [0.1, 0.15) is 11.5 Å². The fourth-order valence-corrected chi connectivity index (χ4v) is 4.12. The topological polar surface area (TPSA) is 42.5 Å². The summed E-state index contributed by atoms with van der Waals surface area (Å²) in [6.45, 7) is 10.2. The molecule has 0 unspecified atom stereocenters. The van der Waals surface area contributed by atoms with Gasteiger partial charge >= 0.3 is 0 Å². The Morgan fingerprint density at radius 3 is 1.19 bits per heavy atom. The smallest absolute Gasteiger partial charge is 0.119 e. The van der Waals surface area contributed by atoms with Crippen molar-refractivity contribution in [2.75, 3.05) is 26.3 Å². The molecule has 202 valence electrons. The van der Waals surface area contributed by atoms with Crippen LogP contribution in [-0.2, 0) is 13.1 Å². The molecule has 0 aliphatic rings. The summed E-state index contributed by atoms with van der Waals surface area (Å²) in [5, 5.41) is 6.96. The Labute approximate surface area is 221 Å². The second-order valence-electron chi connectivity index (χ2n) is 9.87. The van der Waals surface area contributed by atoms with Crippen molar-refractivity contribution in [1.29, 1.82) is 0 Å². The van der Waals surface area contributed by atoms with Gasteiger partial charge in [0.15, 0.2) is 0 Å². The fourth-order valence-electron chi connectivity index (χ4n) is 4.12. The lowest BCUT2D eigenvalue weighted by molar-refractivity contribution is 0.301. The maximum absolute atomic E-state index is 5.91. The van der Waals surface area contributed by atoms with E-state index in [1.54, 1.807) is 0 Å². The monoisotopic (exact) mass is 496 g/mol. The van der Waals surface area contributed by atoms with Crippen LogP contribution in [0.25, 0.3) is 0 Å². The zero-order valence-electron chi connectivity index (χ0n) is 23.2. The molecule has 0 saturated heterocycles. The quantitative estimate of drug-likeness (QED) is 0.153. The van der Waals surface area contributed by atoms with Crippen molar-refractivity contribution in [3.63, 3.8) is 0 Å². The van der Waals surface area contributed by atoms with Gasteiger partial charge in [0, 0.05) is 13.1 Å². The van der Waals surface area contributed by atoms with Crippen molar-refractivity contribution >= 4 is 0 Å². The fraction of sp³-hybridized carbons (Fsp3) is 0.625. The van der Waals surface area contributed by atoms with E-state index in [1.165, 1.54) is 75.3 Å². The van der Waals surface area contributed by atoms with Gasteiger partial charge in [-0.2, -0.15) is 0 Å². The third-order valence-electron chi connectivity index (χ3n) is 6.50. The van der Waals surface area contributed by atoms with E-state index in [0.717, 1.165) is 63.7 Å². The van der Waals surface area contributed by atoms with E-state index in [9.17, 15) is 0 Å². The highest BCUT2D eigenvalue weighted by atomic mass is 16.5. The Morgan fingerprint density at radius 1 is 0.472 bits per heavy atom. The van der Waals surface area contributed by atoms with Crippen molar-refractivity contribution in [3.05, 3.63) is 59.7 Å². The number of benzene rings is 2. The first-order chi connectivity index (χ1) is 17.8. The van der Waals surface area contributed by atoms with Crippen LogP contribution < -0.4 is 20.1 Å². The van der Waals surface area contributed by atoms with Gasteiger partial charge in [-0.15, -0.1) is 0 Å². The van der Waals surface area contributed by atoms with Gasteiger partial charge in [0.2, 0.25) is 0 Å². The maximum Gasteiger partial charge on any atom is 0.119 e. The zero-order chi connectivity index (χ0) is 25.5. The van der Waals surface area contributed by atoms with Crippen LogP contribution in [-0.4, -0.2) is 26.3 Å². The van der Waals surface area contributed by atoms with Gasteiger partial charge in [-0.25, -0.2) is 0 Å². The molecule has 2 N–H and O–H groups in total. The number of rotatable bonds is 23. The average Bonchev–Trinajstić information content (AvgIpc) is 2.91. The van der Waals surface area contributed by atoms with Gasteiger partial charge in [0.25, 0.3) is 0 Å². The highest BCUT2D eigenvalue weighted by Crippen LogP contribution is 2.15. The molecule has 0 amide bonds. The third kappa shape index (κ3) is 15.2. The van der Waals surface area contributed by atoms with Crippen LogP contribution in [0.1, 0.15) is 102 Å². The van der Waals surface area contributed by atoms with Gasteiger partial charge in [-0.3, -0.25) is 0 Å². The first-order valence-corrected chi connectivity index (χ1v) is 14.7. The van der Waals surface area contributed by atoms with Crippen LogP contribution in [0, 0.1) is 0 Å². The molecule has 36 heavy (non-hydrogen) atoms. The number of nitrogens with one attached hydrogen (secondary N) is 2. The SMILES string of the molecule is CCCCNCc1ccc(OCCCCCCCCCCOc2ccc(CNCCCC)cc2)cc1. The number of unbranched alkanes of at least 4 members (excludes halogenated alkanes) is 9. The van der Waals surface area contributed by atoms with Crippen molar-refractivity contribution < 1.29 is 9.47 Å². The lowest BCUT2D eigenvalue weighted by Gasteiger charge is -2.09. The van der Waals surface area contributed by atoms with E-state index in [2.05, 4.69) is 73.0 Å². The van der Waals surface area contributed by atoms with Crippen LogP contribution in [0.3, 0.4) is 0 Å². The lowest BCUT2D eigenvalue weighted by atomic mass is 10.1. The normalized spacial score (nSPS) is 11.1. The highest BCUT2D eigenvalue weighted by molar-refractivity contribution is 5.28. The van der Waals surface area contributed by atoms with Crippen molar-refractivity contribution in [2.45, 2.75) is 104 Å². The molecule has 0 aromatic heterocycles. The molecule has 0 aliphatic carbocycles. The summed E-state index contributed by atoms with van der Waals surface area (Å²) in [5.41, 5.74) is 2.65. The van der Waals surface area contributed by atoms with Gasteiger partial charge < -0.3 is 20.1 Å². The van der Waals surface area contributed by atoms with E-state index < -0.39 is 0 Å². The molecule has 4 heteroatoms. The highest BCUT2D eigenvalue weighted by Gasteiger charge is 1.99. The molecule has 2 aromatic rings. The van der Waals surface area contributed by atoms with Crippen molar-refractivity contribution in [2.24, 2.45) is 0 Å². The molecular formula is C32H52N2O2. The molecule has 0 radical (unpaired) electrons. The zero-order valence-corrected chi connectivity index (χ0v) is 23.2. The molecule has 0 fully saturated rings. The average molecular weight is 497 g/mol. The minimum atomic E-state index is 0.821. The molecule has 2 aromatic carbocycles. The molecule has 0 bridgehead atoms. The number of hydrogen-bond acceptors (Lipinski definition) is 4. The predicted molar refractivity (Wildman–Crippen MR) is 154 cm³/mol. The second kappa shape index (κ2) is 21.1. The number of ether oxygens (including phenoxy) is 2. The largest absolute Gasteiger partial charge is 0.494 e. The Balaban J connectivity index is 1.36. The van der Waals surface area contributed by atoms with Gasteiger partial charge in [-0.05, 0) is 74.2 Å². The van der Waals surface area contributed by atoms with E-state index in [0.29, 0.717) is 0 Å². The molecule has 0 aliphatic heterocycles. The molecule has 4 nitrogen and oxygen atoms in total. The maximum atomic E-state index is 5.91. The Morgan fingerprint density at radius 2 is 0.833 bits per heavy atom. The third-order valence-corrected chi connectivity index (χ3v) is 6.50. The van der Waals surface area contributed by atoms with Crippen LogP contribution in [0.5, 0.6) is 11.5 Å². The van der Waals surface area contributed by atoms with E-state index in [1.807, 2.05) is 0 Å². The van der Waals surface area contributed by atoms with Gasteiger partial charge in [0.05, 0.1) is 13.2 Å². The molecular weight excluding hydrogens is 444 g/mol. The van der Waals surface area contributed by atoms with Crippen LogP contribution in [0.4, 0.5) is 0 Å². The summed E-state index contributed by atoms with van der Waals surface area (Å²) >= 11 is 0. The first-order valence-electron chi connectivity index (χ1n) is 14.7. The molecule has 0 saturated carbocycles. The van der Waals surface area contributed by atoms with E-state index in [4.69, 9.17) is 9.47 Å². The summed E-state index contributed by atoms with van der Waals surface area (Å²) in [6, 6.07) is 17.1. The Kier molecular flexibility index (Phi) is 17.7. The first kappa shape index (κ1) is 30.2. The Bertz CT molecular complexity index is 680. The summed E-state index contributed by atoms with van der Waals surface area (Å²) in [5.74, 6) is 1.98.